The third kappa shape index (κ3) is 5.18. The van der Waals surface area contributed by atoms with Crippen molar-refractivity contribution < 1.29 is 9.18 Å². The van der Waals surface area contributed by atoms with Crippen LogP contribution in [0.5, 0.6) is 0 Å². The van der Waals surface area contributed by atoms with Gasteiger partial charge in [-0.1, -0.05) is 48.5 Å². The molecule has 0 atom stereocenters. The Kier molecular flexibility index (Phi) is 6.77. The third-order valence-electron chi connectivity index (χ3n) is 4.76. The molecule has 0 bridgehead atoms. The summed E-state index contributed by atoms with van der Waals surface area (Å²) in [6.07, 6.45) is 1.38. The lowest BCUT2D eigenvalue weighted by atomic mass is 10.2. The van der Waals surface area contributed by atoms with Crippen LogP contribution in [-0.2, 0) is 17.9 Å². The van der Waals surface area contributed by atoms with Gasteiger partial charge in [-0.25, -0.2) is 4.39 Å². The minimum atomic E-state index is -0.317. The van der Waals surface area contributed by atoms with E-state index in [9.17, 15) is 14.4 Å². The maximum atomic E-state index is 13.6. The van der Waals surface area contributed by atoms with Crippen LogP contribution in [-0.4, -0.2) is 41.9 Å². The number of hydrogen-bond donors (Lipinski definition) is 1. The minimum absolute atomic E-state index is 0.0350. The summed E-state index contributed by atoms with van der Waals surface area (Å²) in [5.74, 6) is -0.606. The predicted molar refractivity (Wildman–Crippen MR) is 105 cm³/mol. The van der Waals surface area contributed by atoms with Gasteiger partial charge in [0.05, 0.1) is 0 Å². The first-order valence-corrected chi connectivity index (χ1v) is 9.30. The first kappa shape index (κ1) is 19.6. The molecule has 0 aromatic heterocycles. The van der Waals surface area contributed by atoms with Gasteiger partial charge in [0.1, 0.15) is 17.5 Å². The molecule has 0 aliphatic carbocycles. The van der Waals surface area contributed by atoms with Crippen LogP contribution >= 0.6 is 0 Å². The average molecular weight is 378 g/mol. The van der Waals surface area contributed by atoms with Crippen LogP contribution in [0.2, 0.25) is 0 Å². The Morgan fingerprint density at radius 1 is 1.07 bits per heavy atom. The molecule has 1 heterocycles. The molecule has 3 rings (SSSR count). The standard InChI is InChI=1S/C22H23FN4O/c23-21-9-5-4-8-19(21)15-25-16-20(14-24)22(28)27-12-10-26(11-13-27)17-18-6-2-1-3-7-18/h1-9,16,25H,10-13,15,17H2/b20-16-. The molecule has 5 nitrogen and oxygen atoms in total. The number of hydrogen-bond acceptors (Lipinski definition) is 4. The quantitative estimate of drug-likeness (QED) is 0.620. The molecule has 0 spiro atoms. The predicted octanol–water partition coefficient (Wildman–Crippen LogP) is 2.67. The van der Waals surface area contributed by atoms with Crippen molar-refractivity contribution in [2.75, 3.05) is 26.2 Å². The van der Waals surface area contributed by atoms with E-state index in [0.717, 1.165) is 19.6 Å². The van der Waals surface area contributed by atoms with E-state index in [0.29, 0.717) is 18.7 Å². The highest BCUT2D eigenvalue weighted by molar-refractivity contribution is 5.97. The Labute approximate surface area is 164 Å². The Bertz CT molecular complexity index is 868. The molecule has 1 amide bonds. The van der Waals surface area contributed by atoms with Crippen molar-refractivity contribution in [3.8, 4) is 6.07 Å². The van der Waals surface area contributed by atoms with E-state index in [-0.39, 0.29) is 23.8 Å². The van der Waals surface area contributed by atoms with Crippen molar-refractivity contribution in [1.29, 1.82) is 5.26 Å². The van der Waals surface area contributed by atoms with E-state index in [1.807, 2.05) is 24.3 Å². The fourth-order valence-electron chi connectivity index (χ4n) is 3.17. The monoisotopic (exact) mass is 378 g/mol. The van der Waals surface area contributed by atoms with E-state index in [1.54, 1.807) is 23.1 Å². The van der Waals surface area contributed by atoms with Crippen LogP contribution in [0.4, 0.5) is 4.39 Å². The summed E-state index contributed by atoms with van der Waals surface area (Å²) in [5, 5.41) is 12.2. The lowest BCUT2D eigenvalue weighted by molar-refractivity contribution is -0.128. The van der Waals surface area contributed by atoms with Crippen LogP contribution in [0.3, 0.4) is 0 Å². The van der Waals surface area contributed by atoms with Gasteiger partial charge in [-0.3, -0.25) is 9.69 Å². The van der Waals surface area contributed by atoms with E-state index in [4.69, 9.17) is 0 Å². The maximum absolute atomic E-state index is 13.6. The highest BCUT2D eigenvalue weighted by atomic mass is 19.1. The summed E-state index contributed by atoms with van der Waals surface area (Å²) in [4.78, 5) is 16.6. The average Bonchev–Trinajstić information content (AvgIpc) is 2.73. The van der Waals surface area contributed by atoms with Gasteiger partial charge in [0.25, 0.3) is 5.91 Å². The molecule has 0 saturated carbocycles. The number of piperazine rings is 1. The molecular weight excluding hydrogens is 355 g/mol. The second kappa shape index (κ2) is 9.67. The van der Waals surface area contributed by atoms with Gasteiger partial charge in [0, 0.05) is 51.0 Å². The summed E-state index contributed by atoms with van der Waals surface area (Å²) in [5.41, 5.74) is 1.77. The number of amides is 1. The molecule has 1 fully saturated rings. The number of nitriles is 1. The number of carbonyl (C=O) groups excluding carboxylic acids is 1. The van der Waals surface area contributed by atoms with Crippen LogP contribution < -0.4 is 5.32 Å². The van der Waals surface area contributed by atoms with Gasteiger partial charge in [0.15, 0.2) is 0 Å². The Hall–Kier alpha value is -3.17. The molecule has 1 aliphatic rings. The van der Waals surface area contributed by atoms with E-state index in [2.05, 4.69) is 22.3 Å². The second-order valence-corrected chi connectivity index (χ2v) is 6.70. The van der Waals surface area contributed by atoms with Crippen molar-refractivity contribution in [3.63, 3.8) is 0 Å². The zero-order valence-electron chi connectivity index (χ0n) is 15.6. The SMILES string of the molecule is N#C/C(=C/NCc1ccccc1F)C(=O)N1CCN(Cc2ccccc2)CC1. The van der Waals surface area contributed by atoms with Crippen molar-refractivity contribution in [1.82, 2.24) is 15.1 Å². The number of nitrogens with one attached hydrogen (secondary N) is 1. The molecule has 1 N–H and O–H groups in total. The molecule has 0 unspecified atom stereocenters. The first-order chi connectivity index (χ1) is 13.7. The molecule has 1 aliphatic heterocycles. The van der Waals surface area contributed by atoms with Gasteiger partial charge < -0.3 is 10.2 Å². The summed E-state index contributed by atoms with van der Waals surface area (Å²) >= 11 is 0. The largest absolute Gasteiger partial charge is 0.385 e. The Balaban J connectivity index is 1.51. The van der Waals surface area contributed by atoms with Crippen molar-refractivity contribution >= 4 is 5.91 Å². The molecule has 0 radical (unpaired) electrons. The summed E-state index contributed by atoms with van der Waals surface area (Å²) in [6, 6.07) is 18.6. The van der Waals surface area contributed by atoms with E-state index < -0.39 is 0 Å². The van der Waals surface area contributed by atoms with Gasteiger partial charge in [0.2, 0.25) is 0 Å². The van der Waals surface area contributed by atoms with Gasteiger partial charge in [-0.05, 0) is 11.6 Å². The summed E-state index contributed by atoms with van der Waals surface area (Å²) in [6.45, 7) is 3.77. The normalized spacial score (nSPS) is 15.1. The first-order valence-electron chi connectivity index (χ1n) is 9.30. The third-order valence-corrected chi connectivity index (χ3v) is 4.76. The molecule has 2 aromatic carbocycles. The fourth-order valence-corrected chi connectivity index (χ4v) is 3.17. The van der Waals surface area contributed by atoms with Crippen molar-refractivity contribution in [2.24, 2.45) is 0 Å². The highest BCUT2D eigenvalue weighted by Crippen LogP contribution is 2.11. The van der Waals surface area contributed by atoms with Crippen molar-refractivity contribution in [3.05, 3.63) is 83.3 Å². The maximum Gasteiger partial charge on any atom is 0.266 e. The number of rotatable bonds is 6. The number of halogens is 1. The molecule has 1 saturated heterocycles. The van der Waals surface area contributed by atoms with Crippen LogP contribution in [0.25, 0.3) is 0 Å². The molecule has 2 aromatic rings. The van der Waals surface area contributed by atoms with Crippen LogP contribution in [0.15, 0.2) is 66.4 Å². The zero-order valence-corrected chi connectivity index (χ0v) is 15.6. The topological polar surface area (TPSA) is 59.4 Å². The van der Waals surface area contributed by atoms with Crippen LogP contribution in [0.1, 0.15) is 11.1 Å². The molecule has 6 heteroatoms. The van der Waals surface area contributed by atoms with Gasteiger partial charge >= 0.3 is 0 Å². The molecule has 144 valence electrons. The lowest BCUT2D eigenvalue weighted by Crippen LogP contribution is -2.48. The number of nitrogens with zero attached hydrogens (tertiary/aromatic N) is 3. The smallest absolute Gasteiger partial charge is 0.266 e. The Morgan fingerprint density at radius 3 is 2.43 bits per heavy atom. The van der Waals surface area contributed by atoms with Gasteiger partial charge in [-0.2, -0.15) is 5.26 Å². The molecule has 28 heavy (non-hydrogen) atoms. The van der Waals surface area contributed by atoms with Crippen LogP contribution in [0, 0.1) is 17.1 Å². The second-order valence-electron chi connectivity index (χ2n) is 6.70. The van der Waals surface area contributed by atoms with Gasteiger partial charge in [-0.15, -0.1) is 0 Å². The van der Waals surface area contributed by atoms with E-state index >= 15 is 0 Å². The minimum Gasteiger partial charge on any atom is -0.385 e. The molecular formula is C22H23FN4O. The summed E-state index contributed by atoms with van der Waals surface area (Å²) < 4.78 is 13.6. The van der Waals surface area contributed by atoms with E-state index in [1.165, 1.54) is 17.8 Å². The fraction of sp³-hybridized carbons (Fsp3) is 0.273. The number of benzene rings is 2. The Morgan fingerprint density at radius 2 is 1.75 bits per heavy atom. The lowest BCUT2D eigenvalue weighted by Gasteiger charge is -2.34. The summed E-state index contributed by atoms with van der Waals surface area (Å²) in [7, 11) is 0. The number of carbonyl (C=O) groups is 1. The van der Waals surface area contributed by atoms with Crippen molar-refractivity contribution in [2.45, 2.75) is 13.1 Å². The highest BCUT2D eigenvalue weighted by Gasteiger charge is 2.23. The zero-order chi connectivity index (χ0) is 19.8.